The van der Waals surface area contributed by atoms with Crippen LogP contribution in [0.2, 0.25) is 0 Å². The molecule has 0 amide bonds. The molecule has 16 N–H and O–H groups in total. The highest BCUT2D eigenvalue weighted by Crippen LogP contribution is 2.62. The van der Waals surface area contributed by atoms with Gasteiger partial charge >= 0.3 is 0 Å². The summed E-state index contributed by atoms with van der Waals surface area (Å²) < 4.78 is 18.8. The molecule has 9 rings (SSSR count). The molecule has 0 bridgehead atoms. The van der Waals surface area contributed by atoms with Gasteiger partial charge in [0, 0.05) is 64.1 Å². The average Bonchev–Trinajstić information content (AvgIpc) is 3.23. The molecular weight excluding hydrogens is 844 g/mol. The van der Waals surface area contributed by atoms with Crippen LogP contribution in [0.4, 0.5) is 0 Å². The standard InChI is InChI=1S/C45H38O19/c46-17-9-24(52)32-31(10-17)62-42(15-2-4-20(48)23(51)6-15)39(60)36(32)34-26(54)13-27(55)35-37(40(61)43(64-45(34)35)16-7-28(56)38(59)29(57)8-16)33-25(53)12-21(49)18-11-30(58)41(63-44(18)33)14-1-3-19(47)22(50)5-14/h1-10,12-13,30,36-37,39-43,46-61H,11H2. The molecule has 0 aromatic heterocycles. The van der Waals surface area contributed by atoms with Crippen molar-refractivity contribution in [3.63, 3.8) is 0 Å². The quantitative estimate of drug-likeness (QED) is 0.108. The number of aromatic hydroxyl groups is 13. The first-order valence-electron chi connectivity index (χ1n) is 19.4. The highest BCUT2D eigenvalue weighted by Gasteiger charge is 2.51. The Labute approximate surface area is 359 Å². The van der Waals surface area contributed by atoms with Gasteiger partial charge < -0.3 is 95.9 Å². The van der Waals surface area contributed by atoms with Crippen molar-refractivity contribution in [2.75, 3.05) is 0 Å². The van der Waals surface area contributed by atoms with Crippen molar-refractivity contribution in [3.8, 4) is 92.0 Å². The Bertz CT molecular complexity index is 2870. The van der Waals surface area contributed by atoms with Crippen molar-refractivity contribution in [1.82, 2.24) is 0 Å². The predicted molar refractivity (Wildman–Crippen MR) is 216 cm³/mol. The first kappa shape index (κ1) is 41.4. The second kappa shape index (κ2) is 14.8. The molecule has 332 valence electrons. The molecule has 3 heterocycles. The summed E-state index contributed by atoms with van der Waals surface area (Å²) in [6, 6.07) is 12.6. The van der Waals surface area contributed by atoms with Crippen LogP contribution in [0.25, 0.3) is 0 Å². The van der Waals surface area contributed by atoms with E-state index in [9.17, 15) is 81.7 Å². The molecule has 0 saturated carbocycles. The van der Waals surface area contributed by atoms with Gasteiger partial charge in [0.25, 0.3) is 0 Å². The Morgan fingerprint density at radius 2 is 0.828 bits per heavy atom. The summed E-state index contributed by atoms with van der Waals surface area (Å²) in [5.41, 5.74) is -1.65. The topological polar surface area (TPSA) is 351 Å². The molecule has 3 aliphatic heterocycles. The maximum atomic E-state index is 12.5. The number of phenols is 13. The summed E-state index contributed by atoms with van der Waals surface area (Å²) in [4.78, 5) is 0. The molecule has 0 spiro atoms. The lowest BCUT2D eigenvalue weighted by atomic mass is 9.73. The van der Waals surface area contributed by atoms with Gasteiger partial charge in [-0.3, -0.25) is 0 Å². The molecule has 64 heavy (non-hydrogen) atoms. The lowest BCUT2D eigenvalue weighted by Crippen LogP contribution is -2.39. The highest BCUT2D eigenvalue weighted by molar-refractivity contribution is 5.71. The SMILES string of the molecule is Oc1cc(O)c2c(c1)OC(c1ccc(O)c(O)c1)C(O)C2c1c(O)cc(O)c2c1OC(c1cc(O)c(O)c(O)c1)C(O)C2c1c(O)cc(O)c2c1OC(c1ccc(O)c(O)c1)C(O)C2. The van der Waals surface area contributed by atoms with E-state index in [4.69, 9.17) is 14.2 Å². The number of hydrogen-bond acceptors (Lipinski definition) is 19. The number of aliphatic hydroxyl groups is 3. The second-order valence-electron chi connectivity index (χ2n) is 15.8. The van der Waals surface area contributed by atoms with E-state index in [-0.39, 0.29) is 51.3 Å². The minimum Gasteiger partial charge on any atom is -0.508 e. The smallest absolute Gasteiger partial charge is 0.200 e. The molecule has 8 atom stereocenters. The number of ether oxygens (including phenoxy) is 3. The molecule has 0 aliphatic carbocycles. The number of phenolic OH excluding ortho intramolecular Hbond substituents is 13. The van der Waals surface area contributed by atoms with Crippen LogP contribution in [0.3, 0.4) is 0 Å². The van der Waals surface area contributed by atoms with Crippen LogP contribution in [0, 0.1) is 0 Å². The minimum atomic E-state index is -2.02. The van der Waals surface area contributed by atoms with E-state index in [1.165, 1.54) is 12.1 Å². The van der Waals surface area contributed by atoms with Crippen LogP contribution in [0.5, 0.6) is 92.0 Å². The molecular formula is C45H38O19. The van der Waals surface area contributed by atoms with Crippen molar-refractivity contribution < 1.29 is 95.9 Å². The van der Waals surface area contributed by atoms with Gasteiger partial charge in [0.1, 0.15) is 70.1 Å². The van der Waals surface area contributed by atoms with Crippen LogP contribution >= 0.6 is 0 Å². The number of aliphatic hydroxyl groups excluding tert-OH is 3. The fourth-order valence-electron chi connectivity index (χ4n) is 9.01. The Morgan fingerprint density at radius 1 is 0.375 bits per heavy atom. The van der Waals surface area contributed by atoms with Gasteiger partial charge in [-0.2, -0.15) is 0 Å². The largest absolute Gasteiger partial charge is 0.508 e. The number of rotatable bonds is 5. The molecule has 3 aliphatic rings. The third-order valence-electron chi connectivity index (χ3n) is 11.9. The van der Waals surface area contributed by atoms with E-state index >= 15 is 0 Å². The van der Waals surface area contributed by atoms with E-state index in [0.717, 1.165) is 60.7 Å². The first-order valence-corrected chi connectivity index (χ1v) is 19.4. The fraction of sp³-hybridized carbons (Fsp3) is 0.200. The Kier molecular flexibility index (Phi) is 9.58. The monoisotopic (exact) mass is 882 g/mol. The Morgan fingerprint density at radius 3 is 1.39 bits per heavy atom. The third-order valence-corrected chi connectivity index (χ3v) is 11.9. The third kappa shape index (κ3) is 6.40. The average molecular weight is 883 g/mol. The highest BCUT2D eigenvalue weighted by atomic mass is 16.5. The normalized spacial score (nSPS) is 23.4. The van der Waals surface area contributed by atoms with Crippen LogP contribution < -0.4 is 14.2 Å². The lowest BCUT2D eigenvalue weighted by Gasteiger charge is -2.43. The molecule has 19 heteroatoms. The van der Waals surface area contributed by atoms with Crippen molar-refractivity contribution >= 4 is 0 Å². The summed E-state index contributed by atoms with van der Waals surface area (Å²) in [5.74, 6) is -13.6. The van der Waals surface area contributed by atoms with Crippen LogP contribution in [0.15, 0.2) is 72.8 Å². The zero-order chi connectivity index (χ0) is 45.8. The van der Waals surface area contributed by atoms with Gasteiger partial charge in [0.05, 0.1) is 17.9 Å². The van der Waals surface area contributed by atoms with Gasteiger partial charge in [0.2, 0.25) is 0 Å². The zero-order valence-electron chi connectivity index (χ0n) is 32.6. The van der Waals surface area contributed by atoms with Gasteiger partial charge in [-0.1, -0.05) is 12.1 Å². The molecule has 0 fully saturated rings. The second-order valence-corrected chi connectivity index (χ2v) is 15.8. The molecule has 19 nitrogen and oxygen atoms in total. The predicted octanol–water partition coefficient (Wildman–Crippen LogP) is 4.15. The van der Waals surface area contributed by atoms with Gasteiger partial charge in [-0.15, -0.1) is 0 Å². The van der Waals surface area contributed by atoms with Crippen molar-refractivity contribution in [1.29, 1.82) is 0 Å². The Hall–Kier alpha value is -8.00. The van der Waals surface area contributed by atoms with Gasteiger partial charge in [0.15, 0.2) is 52.5 Å². The maximum Gasteiger partial charge on any atom is 0.200 e. The number of hydrogen-bond donors (Lipinski definition) is 16. The van der Waals surface area contributed by atoms with E-state index in [1.54, 1.807) is 0 Å². The summed E-state index contributed by atoms with van der Waals surface area (Å²) in [6.45, 7) is 0. The summed E-state index contributed by atoms with van der Waals surface area (Å²) >= 11 is 0. The van der Waals surface area contributed by atoms with Crippen molar-refractivity contribution in [2.24, 2.45) is 0 Å². The van der Waals surface area contributed by atoms with E-state index in [2.05, 4.69) is 0 Å². The first-order chi connectivity index (χ1) is 30.3. The van der Waals surface area contributed by atoms with Crippen LogP contribution in [-0.2, 0) is 6.42 Å². The fourth-order valence-corrected chi connectivity index (χ4v) is 9.01. The van der Waals surface area contributed by atoms with E-state index in [0.29, 0.717) is 0 Å². The zero-order valence-corrected chi connectivity index (χ0v) is 32.6. The number of benzene rings is 6. The molecule has 6 aromatic rings. The Balaban J connectivity index is 1.32. The van der Waals surface area contributed by atoms with Crippen LogP contribution in [-0.4, -0.2) is 100 Å². The van der Waals surface area contributed by atoms with Crippen molar-refractivity contribution in [3.05, 3.63) is 117 Å². The van der Waals surface area contributed by atoms with Gasteiger partial charge in [-0.25, -0.2) is 0 Å². The molecule has 0 saturated heterocycles. The summed E-state index contributed by atoms with van der Waals surface area (Å²) in [6.07, 6.45) is -10.4. The molecule has 8 unspecified atom stereocenters. The number of fused-ring (bicyclic) bond motifs is 3. The van der Waals surface area contributed by atoms with Gasteiger partial charge in [-0.05, 0) is 47.5 Å². The minimum absolute atomic E-state index is 0.0482. The summed E-state index contributed by atoms with van der Waals surface area (Å²) in [5, 5.41) is 177. The lowest BCUT2D eigenvalue weighted by molar-refractivity contribution is -0.00567. The van der Waals surface area contributed by atoms with E-state index in [1.807, 2.05) is 0 Å². The molecule has 6 aromatic carbocycles. The van der Waals surface area contributed by atoms with Crippen LogP contribution in [0.1, 0.15) is 74.7 Å². The molecule has 0 radical (unpaired) electrons. The summed E-state index contributed by atoms with van der Waals surface area (Å²) in [7, 11) is 0. The van der Waals surface area contributed by atoms with Crippen molar-refractivity contribution in [2.45, 2.75) is 54.9 Å². The van der Waals surface area contributed by atoms with E-state index < -0.39 is 140 Å². The maximum absolute atomic E-state index is 12.5.